The maximum atomic E-state index is 13.7. The van der Waals surface area contributed by atoms with Crippen LogP contribution >= 0.6 is 0 Å². The van der Waals surface area contributed by atoms with E-state index in [1.807, 2.05) is 44.2 Å². The van der Waals surface area contributed by atoms with Gasteiger partial charge in [-0.3, -0.25) is 19.2 Å². The lowest BCUT2D eigenvalue weighted by Gasteiger charge is -2.27. The van der Waals surface area contributed by atoms with Gasteiger partial charge in [0, 0.05) is 30.3 Å². The van der Waals surface area contributed by atoms with Crippen molar-refractivity contribution in [3.05, 3.63) is 87.9 Å². The van der Waals surface area contributed by atoms with E-state index in [4.69, 9.17) is 9.15 Å². The maximum Gasteiger partial charge on any atom is 0.290 e. The maximum absolute atomic E-state index is 13.7. The van der Waals surface area contributed by atoms with Crippen LogP contribution in [-0.4, -0.2) is 71.5 Å². The Morgan fingerprint density at radius 1 is 1.07 bits per heavy atom. The van der Waals surface area contributed by atoms with Crippen LogP contribution in [-0.2, 0) is 22.6 Å². The molecule has 3 aromatic rings. The molecule has 4 N–H and O–H groups in total. The fourth-order valence-corrected chi connectivity index (χ4v) is 5.10. The highest BCUT2D eigenvalue weighted by Crippen LogP contribution is 2.20. The fourth-order valence-electron chi connectivity index (χ4n) is 5.10. The van der Waals surface area contributed by atoms with Crippen molar-refractivity contribution in [2.45, 2.75) is 72.3 Å². The number of nitrogens with zero attached hydrogens (tertiary/aromatic N) is 1. The summed E-state index contributed by atoms with van der Waals surface area (Å²) >= 11 is 0. The number of carbonyl (C=O) groups is 4. The minimum Gasteiger partial charge on any atom is -0.489 e. The third kappa shape index (κ3) is 8.95. The van der Waals surface area contributed by atoms with E-state index in [0.717, 1.165) is 16.7 Å². The normalized spacial score (nSPS) is 19.2. The molecule has 2 aromatic carbocycles. The van der Waals surface area contributed by atoms with E-state index in [2.05, 4.69) is 16.0 Å². The summed E-state index contributed by atoms with van der Waals surface area (Å²) in [4.78, 5) is 54.3. The molecule has 45 heavy (non-hydrogen) atoms. The number of fused-ring (bicyclic) bond motifs is 2. The molecule has 4 amide bonds. The molecule has 0 saturated carbocycles. The molecule has 11 nitrogen and oxygen atoms in total. The molecule has 240 valence electrons. The molecule has 2 bridgehead atoms. The molecule has 3 atom stereocenters. The van der Waals surface area contributed by atoms with Crippen molar-refractivity contribution in [1.82, 2.24) is 20.9 Å². The van der Waals surface area contributed by atoms with E-state index in [1.54, 1.807) is 32.0 Å². The molecule has 0 saturated heterocycles. The monoisotopic (exact) mass is 618 g/mol. The van der Waals surface area contributed by atoms with Crippen LogP contribution < -0.4 is 20.7 Å². The SMILES string of the molecule is Cc1ccc(OCc2cc(C(=O)N3CC(=O)NCCCc4cc(ccc4C)C(=O)N[C@@H]([C@@H](C)O)C(=O)N[C@H](C)C3)oc2C)cc1. The molecule has 0 radical (unpaired) electrons. The summed E-state index contributed by atoms with van der Waals surface area (Å²) < 4.78 is 11.7. The quantitative estimate of drug-likeness (QED) is 0.343. The van der Waals surface area contributed by atoms with Crippen LogP contribution in [0.2, 0.25) is 0 Å². The van der Waals surface area contributed by atoms with Crippen LogP contribution in [0.15, 0.2) is 52.9 Å². The van der Waals surface area contributed by atoms with Gasteiger partial charge in [0.25, 0.3) is 11.8 Å². The molecule has 2 heterocycles. The Labute approximate surface area is 263 Å². The largest absolute Gasteiger partial charge is 0.489 e. The predicted octanol–water partition coefficient (Wildman–Crippen LogP) is 2.97. The van der Waals surface area contributed by atoms with E-state index in [0.29, 0.717) is 42.0 Å². The molecule has 0 fully saturated rings. The van der Waals surface area contributed by atoms with Crippen LogP contribution in [0.25, 0.3) is 0 Å². The van der Waals surface area contributed by atoms with Crippen LogP contribution in [0.5, 0.6) is 5.75 Å². The Morgan fingerprint density at radius 2 is 1.80 bits per heavy atom. The van der Waals surface area contributed by atoms with Gasteiger partial charge in [-0.15, -0.1) is 0 Å². The lowest BCUT2D eigenvalue weighted by atomic mass is 10.00. The zero-order chi connectivity index (χ0) is 32.7. The molecular weight excluding hydrogens is 576 g/mol. The number of aliphatic hydroxyl groups excluding tert-OH is 1. The second kappa shape index (κ2) is 14.9. The van der Waals surface area contributed by atoms with E-state index in [-0.39, 0.29) is 31.4 Å². The zero-order valence-electron chi connectivity index (χ0n) is 26.4. The number of aryl methyl sites for hydroxylation is 4. The molecule has 1 aliphatic heterocycles. The van der Waals surface area contributed by atoms with Crippen molar-refractivity contribution in [1.29, 1.82) is 0 Å². The van der Waals surface area contributed by atoms with Gasteiger partial charge in [0.1, 0.15) is 30.7 Å². The first kappa shape index (κ1) is 33.3. The smallest absolute Gasteiger partial charge is 0.290 e. The summed E-state index contributed by atoms with van der Waals surface area (Å²) in [6.45, 7) is 9.00. The number of nitrogens with one attached hydrogen (secondary N) is 3. The number of hydrogen-bond acceptors (Lipinski definition) is 7. The average Bonchev–Trinajstić information content (AvgIpc) is 3.37. The minimum atomic E-state index is -1.24. The Kier molecular flexibility index (Phi) is 11.0. The molecule has 1 aromatic heterocycles. The highest BCUT2D eigenvalue weighted by Gasteiger charge is 2.30. The molecule has 0 aliphatic carbocycles. The number of rotatable bonds is 5. The molecule has 4 rings (SSSR count). The number of amides is 4. The zero-order valence-corrected chi connectivity index (χ0v) is 26.4. The van der Waals surface area contributed by atoms with Crippen molar-refractivity contribution in [3.63, 3.8) is 0 Å². The van der Waals surface area contributed by atoms with E-state index in [1.165, 1.54) is 11.8 Å². The minimum absolute atomic E-state index is 0.0343. The Balaban J connectivity index is 1.54. The van der Waals surface area contributed by atoms with E-state index in [9.17, 15) is 24.3 Å². The summed E-state index contributed by atoms with van der Waals surface area (Å²) in [7, 11) is 0. The van der Waals surface area contributed by atoms with Gasteiger partial charge < -0.3 is 35.1 Å². The highest BCUT2D eigenvalue weighted by atomic mass is 16.5. The Morgan fingerprint density at radius 3 is 2.51 bits per heavy atom. The van der Waals surface area contributed by atoms with Crippen molar-refractivity contribution in [3.8, 4) is 5.75 Å². The number of hydrogen-bond donors (Lipinski definition) is 4. The topological polar surface area (TPSA) is 150 Å². The van der Waals surface area contributed by atoms with Crippen LogP contribution in [0, 0.1) is 20.8 Å². The second-order valence-electron chi connectivity index (χ2n) is 11.7. The molecular formula is C34H42N4O7. The first-order valence-corrected chi connectivity index (χ1v) is 15.1. The number of carbonyl (C=O) groups excluding carboxylic acids is 4. The number of ether oxygens (including phenoxy) is 1. The first-order chi connectivity index (χ1) is 21.4. The summed E-state index contributed by atoms with van der Waals surface area (Å²) in [6.07, 6.45) is 0.0233. The summed E-state index contributed by atoms with van der Waals surface area (Å²) in [5.41, 5.74) is 4.08. The van der Waals surface area contributed by atoms with Crippen LogP contribution in [0.4, 0.5) is 0 Å². The van der Waals surface area contributed by atoms with Crippen molar-refractivity contribution in [2.75, 3.05) is 19.6 Å². The first-order valence-electron chi connectivity index (χ1n) is 15.1. The fraction of sp³-hybridized carbons (Fsp3) is 0.412. The third-order valence-corrected chi connectivity index (χ3v) is 7.76. The van der Waals surface area contributed by atoms with Crippen molar-refractivity contribution < 1.29 is 33.4 Å². The van der Waals surface area contributed by atoms with Crippen LogP contribution in [0.1, 0.15) is 69.2 Å². The van der Waals surface area contributed by atoms with Crippen LogP contribution in [0.3, 0.4) is 0 Å². The van der Waals surface area contributed by atoms with Gasteiger partial charge in [0.15, 0.2) is 5.76 Å². The van der Waals surface area contributed by atoms with Gasteiger partial charge in [0.05, 0.1) is 6.10 Å². The summed E-state index contributed by atoms with van der Waals surface area (Å²) in [5.74, 6) is -0.769. The Hall–Kier alpha value is -4.64. The lowest BCUT2D eigenvalue weighted by Crippen LogP contribution is -2.56. The third-order valence-electron chi connectivity index (χ3n) is 7.76. The summed E-state index contributed by atoms with van der Waals surface area (Å²) in [6, 6.07) is 12.6. The van der Waals surface area contributed by atoms with Crippen molar-refractivity contribution >= 4 is 23.6 Å². The van der Waals surface area contributed by atoms with Gasteiger partial charge in [-0.2, -0.15) is 0 Å². The van der Waals surface area contributed by atoms with Gasteiger partial charge >= 0.3 is 0 Å². The van der Waals surface area contributed by atoms with Crippen molar-refractivity contribution in [2.24, 2.45) is 0 Å². The van der Waals surface area contributed by atoms with Gasteiger partial charge in [-0.25, -0.2) is 0 Å². The number of aliphatic hydroxyl groups is 1. The van der Waals surface area contributed by atoms with Gasteiger partial charge in [-0.1, -0.05) is 23.8 Å². The molecule has 1 aliphatic rings. The lowest BCUT2D eigenvalue weighted by molar-refractivity contribution is -0.126. The molecule has 0 spiro atoms. The number of furan rings is 1. The van der Waals surface area contributed by atoms with Gasteiger partial charge in [0.2, 0.25) is 11.8 Å². The second-order valence-corrected chi connectivity index (χ2v) is 11.7. The molecule has 0 unspecified atom stereocenters. The highest BCUT2D eigenvalue weighted by molar-refractivity contribution is 5.98. The number of benzene rings is 2. The Bertz CT molecular complexity index is 1530. The van der Waals surface area contributed by atoms with E-state index < -0.39 is 35.9 Å². The summed E-state index contributed by atoms with van der Waals surface area (Å²) in [5, 5.41) is 18.6. The standard InChI is InChI=1S/C34H42N4O7/c1-20-8-12-28(13-9-20)44-19-27-16-29(45-24(27)5)34(43)38-17-22(3)36-33(42)31(23(4)39)37-32(41)26-11-10-21(2)25(15-26)7-6-14-35-30(40)18-38/h8-13,15-16,22-23,31,39H,6-7,14,17-19H2,1-5H3,(H,35,40)(H,36,42)(H,37,41)/t22-,23-,31+/m1/s1. The van der Waals surface area contributed by atoms with Gasteiger partial charge in [-0.05, 0) is 88.9 Å². The predicted molar refractivity (Wildman–Crippen MR) is 168 cm³/mol. The van der Waals surface area contributed by atoms with E-state index >= 15 is 0 Å². The molecule has 11 heteroatoms. The average molecular weight is 619 g/mol.